The third-order valence-corrected chi connectivity index (χ3v) is 1.83. The molecule has 0 spiro atoms. The Kier molecular flexibility index (Phi) is 3.22. The average molecular weight is 215 g/mol. The van der Waals surface area contributed by atoms with Crippen molar-refractivity contribution in [2.75, 3.05) is 6.61 Å². The highest BCUT2D eigenvalue weighted by atomic mass is 35.5. The molecule has 0 aliphatic rings. The van der Waals surface area contributed by atoms with Crippen molar-refractivity contribution in [2.24, 2.45) is 0 Å². The van der Waals surface area contributed by atoms with Gasteiger partial charge >= 0.3 is 5.97 Å². The van der Waals surface area contributed by atoms with Gasteiger partial charge in [0, 0.05) is 10.6 Å². The lowest BCUT2D eigenvalue weighted by Crippen LogP contribution is -2.06. The minimum atomic E-state index is -1.17. The number of Topliss-reactive ketones (excluding diaryl/α,β-unsaturated/α-hetero) is 1. The molecule has 1 aromatic carbocycles. The van der Waals surface area contributed by atoms with Crippen LogP contribution < -0.4 is 0 Å². The van der Waals surface area contributed by atoms with Crippen LogP contribution in [0.5, 0.6) is 0 Å². The van der Waals surface area contributed by atoms with Crippen molar-refractivity contribution in [1.82, 2.24) is 0 Å². The van der Waals surface area contributed by atoms with Gasteiger partial charge in [0.1, 0.15) is 6.61 Å². The minimum absolute atomic E-state index is 0.0747. The topological polar surface area (TPSA) is 74.6 Å². The molecule has 74 valence electrons. The first-order valence-corrected chi connectivity index (χ1v) is 4.10. The lowest BCUT2D eigenvalue weighted by molar-refractivity contribution is 0.0697. The molecular formula is C9H7ClO4. The second-order valence-electron chi connectivity index (χ2n) is 2.62. The van der Waals surface area contributed by atoms with Gasteiger partial charge < -0.3 is 10.2 Å². The molecule has 0 bridgehead atoms. The van der Waals surface area contributed by atoms with E-state index in [2.05, 4.69) is 0 Å². The van der Waals surface area contributed by atoms with Gasteiger partial charge in [-0.05, 0) is 18.2 Å². The molecule has 0 aliphatic heterocycles. The summed E-state index contributed by atoms with van der Waals surface area (Å²) in [5.74, 6) is -1.73. The molecule has 0 aromatic heterocycles. The van der Waals surface area contributed by atoms with Crippen LogP contribution in [0.1, 0.15) is 20.7 Å². The number of aliphatic hydroxyl groups excluding tert-OH is 1. The second-order valence-corrected chi connectivity index (χ2v) is 3.05. The maximum Gasteiger partial charge on any atom is 0.335 e. The maximum atomic E-state index is 11.0. The number of benzene rings is 1. The SMILES string of the molecule is O=C(O)c1cc(Cl)cc(C(=O)CO)c1. The van der Waals surface area contributed by atoms with E-state index in [1.165, 1.54) is 18.2 Å². The van der Waals surface area contributed by atoms with Crippen LogP contribution >= 0.6 is 11.6 Å². The first kappa shape index (κ1) is 10.7. The van der Waals surface area contributed by atoms with E-state index in [1.54, 1.807) is 0 Å². The van der Waals surface area contributed by atoms with E-state index < -0.39 is 18.4 Å². The van der Waals surface area contributed by atoms with Gasteiger partial charge in [0.25, 0.3) is 0 Å². The number of carboxylic acids is 1. The van der Waals surface area contributed by atoms with Gasteiger partial charge in [-0.25, -0.2) is 4.79 Å². The summed E-state index contributed by atoms with van der Waals surface area (Å²) in [6.07, 6.45) is 0. The molecule has 0 atom stereocenters. The largest absolute Gasteiger partial charge is 0.478 e. The summed E-state index contributed by atoms with van der Waals surface area (Å²) < 4.78 is 0. The van der Waals surface area contributed by atoms with Gasteiger partial charge in [0.15, 0.2) is 5.78 Å². The molecule has 0 aliphatic carbocycles. The predicted octanol–water partition coefficient (Wildman–Crippen LogP) is 1.21. The monoisotopic (exact) mass is 214 g/mol. The highest BCUT2D eigenvalue weighted by Crippen LogP contribution is 2.15. The molecule has 0 heterocycles. The number of hydrogen-bond donors (Lipinski definition) is 2. The Balaban J connectivity index is 3.20. The zero-order chi connectivity index (χ0) is 10.7. The van der Waals surface area contributed by atoms with Crippen LogP contribution in [-0.2, 0) is 0 Å². The van der Waals surface area contributed by atoms with Crippen LogP contribution in [0, 0.1) is 0 Å². The van der Waals surface area contributed by atoms with Gasteiger partial charge in [-0.3, -0.25) is 4.79 Å². The summed E-state index contributed by atoms with van der Waals surface area (Å²) in [4.78, 5) is 21.6. The first-order chi connectivity index (χ1) is 6.54. The Morgan fingerprint density at radius 1 is 1.21 bits per heavy atom. The number of aliphatic hydroxyl groups is 1. The molecule has 0 amide bonds. The Labute approximate surface area is 84.7 Å². The average Bonchev–Trinajstić information content (AvgIpc) is 2.15. The van der Waals surface area contributed by atoms with Crippen molar-refractivity contribution in [3.05, 3.63) is 34.3 Å². The van der Waals surface area contributed by atoms with Gasteiger partial charge in [0.05, 0.1) is 5.56 Å². The number of aromatic carboxylic acids is 1. The van der Waals surface area contributed by atoms with Crippen LogP contribution in [0.4, 0.5) is 0 Å². The summed E-state index contributed by atoms with van der Waals surface area (Å²) in [6, 6.07) is 3.72. The Morgan fingerprint density at radius 3 is 2.29 bits per heavy atom. The van der Waals surface area contributed by atoms with Crippen LogP contribution in [0.25, 0.3) is 0 Å². The fourth-order valence-corrected chi connectivity index (χ4v) is 1.20. The number of carboxylic acid groups (broad SMARTS) is 1. The van der Waals surface area contributed by atoms with Crippen LogP contribution in [0.15, 0.2) is 18.2 Å². The lowest BCUT2D eigenvalue weighted by Gasteiger charge is -2.00. The van der Waals surface area contributed by atoms with Crippen molar-refractivity contribution in [3.8, 4) is 0 Å². The summed E-state index contributed by atoms with van der Waals surface area (Å²) in [7, 11) is 0. The normalized spacial score (nSPS) is 9.86. The van der Waals surface area contributed by atoms with Crippen LogP contribution in [0.3, 0.4) is 0 Å². The quantitative estimate of drug-likeness (QED) is 0.742. The molecule has 5 heteroatoms. The van der Waals surface area contributed by atoms with Crippen molar-refractivity contribution >= 4 is 23.4 Å². The highest BCUT2D eigenvalue weighted by molar-refractivity contribution is 6.31. The zero-order valence-corrected chi connectivity index (χ0v) is 7.78. The van der Waals surface area contributed by atoms with Gasteiger partial charge in [-0.1, -0.05) is 11.6 Å². The number of carbonyl (C=O) groups excluding carboxylic acids is 1. The number of hydrogen-bond acceptors (Lipinski definition) is 3. The summed E-state index contributed by atoms with van der Waals surface area (Å²) in [5, 5.41) is 17.4. The van der Waals surface area contributed by atoms with Crippen molar-refractivity contribution in [3.63, 3.8) is 0 Å². The molecule has 0 fully saturated rings. The fourth-order valence-electron chi connectivity index (χ4n) is 0.965. The van der Waals surface area contributed by atoms with Crippen LogP contribution in [0.2, 0.25) is 5.02 Å². The third kappa shape index (κ3) is 2.31. The Morgan fingerprint density at radius 2 is 1.79 bits per heavy atom. The Bertz CT molecular complexity index is 386. The summed E-state index contributed by atoms with van der Waals surface area (Å²) in [6.45, 7) is -0.667. The molecule has 14 heavy (non-hydrogen) atoms. The van der Waals surface area contributed by atoms with Crippen molar-refractivity contribution < 1.29 is 19.8 Å². The molecule has 1 aromatic rings. The summed E-state index contributed by atoms with van der Waals surface area (Å²) >= 11 is 5.60. The molecule has 0 saturated carbocycles. The molecular weight excluding hydrogens is 208 g/mol. The smallest absolute Gasteiger partial charge is 0.335 e. The van der Waals surface area contributed by atoms with E-state index in [0.29, 0.717) is 0 Å². The molecule has 0 saturated heterocycles. The van der Waals surface area contributed by atoms with E-state index in [-0.39, 0.29) is 16.1 Å². The van der Waals surface area contributed by atoms with E-state index in [1.807, 2.05) is 0 Å². The van der Waals surface area contributed by atoms with Crippen molar-refractivity contribution in [1.29, 1.82) is 0 Å². The molecule has 1 rings (SSSR count). The summed E-state index contributed by atoms with van der Waals surface area (Å²) in [5.41, 5.74) is 0.0201. The molecule has 0 radical (unpaired) electrons. The highest BCUT2D eigenvalue weighted by Gasteiger charge is 2.10. The fraction of sp³-hybridized carbons (Fsp3) is 0.111. The number of ketones is 1. The lowest BCUT2D eigenvalue weighted by atomic mass is 10.1. The minimum Gasteiger partial charge on any atom is -0.478 e. The molecule has 0 unspecified atom stereocenters. The number of carbonyl (C=O) groups is 2. The maximum absolute atomic E-state index is 11.0. The van der Waals surface area contributed by atoms with Crippen LogP contribution in [-0.4, -0.2) is 28.6 Å². The van der Waals surface area contributed by atoms with E-state index in [0.717, 1.165) is 0 Å². The van der Waals surface area contributed by atoms with Gasteiger partial charge in [0.2, 0.25) is 0 Å². The standard InChI is InChI=1S/C9H7ClO4/c10-7-2-5(8(12)4-11)1-6(3-7)9(13)14/h1-3,11H,4H2,(H,13,14). The van der Waals surface area contributed by atoms with E-state index in [9.17, 15) is 9.59 Å². The van der Waals surface area contributed by atoms with E-state index >= 15 is 0 Å². The zero-order valence-electron chi connectivity index (χ0n) is 7.03. The number of halogens is 1. The number of rotatable bonds is 3. The predicted molar refractivity (Wildman–Crippen MR) is 49.8 cm³/mol. The van der Waals surface area contributed by atoms with Gasteiger partial charge in [-0.2, -0.15) is 0 Å². The Hall–Kier alpha value is -1.39. The van der Waals surface area contributed by atoms with Gasteiger partial charge in [-0.15, -0.1) is 0 Å². The second kappa shape index (κ2) is 4.21. The third-order valence-electron chi connectivity index (χ3n) is 1.61. The molecule has 2 N–H and O–H groups in total. The van der Waals surface area contributed by atoms with Crippen molar-refractivity contribution in [2.45, 2.75) is 0 Å². The molecule has 4 nitrogen and oxygen atoms in total. The van der Waals surface area contributed by atoms with E-state index in [4.69, 9.17) is 21.8 Å². The first-order valence-electron chi connectivity index (χ1n) is 3.72.